The first-order valence-corrected chi connectivity index (χ1v) is 8.87. The minimum atomic E-state index is 0.728. The van der Waals surface area contributed by atoms with Crippen molar-refractivity contribution in [3.05, 3.63) is 42.2 Å². The van der Waals surface area contributed by atoms with E-state index in [9.17, 15) is 0 Å². The molecule has 1 heterocycles. The molecule has 1 aromatic carbocycles. The summed E-state index contributed by atoms with van der Waals surface area (Å²) in [6, 6.07) is 8.61. The highest BCUT2D eigenvalue weighted by Crippen LogP contribution is 2.18. The molecule has 0 fully saturated rings. The van der Waals surface area contributed by atoms with E-state index in [-0.39, 0.29) is 0 Å². The first-order chi connectivity index (χ1) is 11.3. The van der Waals surface area contributed by atoms with Gasteiger partial charge < -0.3 is 4.74 Å². The van der Waals surface area contributed by atoms with E-state index in [2.05, 4.69) is 48.1 Å². The number of hydrogen-bond acceptors (Lipinski definition) is 3. The molecule has 0 bridgehead atoms. The SMILES string of the molecule is CCCCCCc1ccc(-c2ncc(OCCCC)cn2)cc1. The van der Waals surface area contributed by atoms with Gasteiger partial charge in [-0.15, -0.1) is 0 Å². The molecular weight excluding hydrogens is 284 g/mol. The van der Waals surface area contributed by atoms with E-state index < -0.39 is 0 Å². The Morgan fingerprint density at radius 3 is 2.17 bits per heavy atom. The van der Waals surface area contributed by atoms with Crippen LogP contribution < -0.4 is 4.74 Å². The largest absolute Gasteiger partial charge is 0.490 e. The van der Waals surface area contributed by atoms with Crippen LogP contribution in [0.3, 0.4) is 0 Å². The average molecular weight is 312 g/mol. The van der Waals surface area contributed by atoms with Crippen molar-refractivity contribution in [3.63, 3.8) is 0 Å². The van der Waals surface area contributed by atoms with Crippen LogP contribution in [0.5, 0.6) is 5.75 Å². The quantitative estimate of drug-likeness (QED) is 0.547. The molecule has 0 spiro atoms. The lowest BCUT2D eigenvalue weighted by Crippen LogP contribution is -1.98. The van der Waals surface area contributed by atoms with Gasteiger partial charge in [-0.25, -0.2) is 9.97 Å². The predicted octanol–water partition coefficient (Wildman–Crippen LogP) is 5.45. The molecule has 0 saturated carbocycles. The molecule has 3 nitrogen and oxygen atoms in total. The molecule has 124 valence electrons. The predicted molar refractivity (Wildman–Crippen MR) is 95.7 cm³/mol. The second-order valence-electron chi connectivity index (χ2n) is 5.95. The van der Waals surface area contributed by atoms with E-state index in [1.807, 2.05) is 0 Å². The molecule has 0 saturated heterocycles. The van der Waals surface area contributed by atoms with Crippen molar-refractivity contribution in [2.24, 2.45) is 0 Å². The lowest BCUT2D eigenvalue weighted by atomic mass is 10.0. The van der Waals surface area contributed by atoms with Gasteiger partial charge in [0, 0.05) is 5.56 Å². The van der Waals surface area contributed by atoms with Crippen LogP contribution in [0.2, 0.25) is 0 Å². The number of aryl methyl sites for hydroxylation is 1. The minimum Gasteiger partial charge on any atom is -0.490 e. The van der Waals surface area contributed by atoms with Gasteiger partial charge in [0.15, 0.2) is 11.6 Å². The Bertz CT molecular complexity index is 549. The Balaban J connectivity index is 1.88. The maximum absolute atomic E-state index is 5.60. The van der Waals surface area contributed by atoms with Crippen molar-refractivity contribution in [2.45, 2.75) is 58.8 Å². The molecular formula is C20H28N2O. The number of ether oxygens (including phenoxy) is 1. The normalized spacial score (nSPS) is 10.7. The minimum absolute atomic E-state index is 0.728. The summed E-state index contributed by atoms with van der Waals surface area (Å²) >= 11 is 0. The summed E-state index contributed by atoms with van der Waals surface area (Å²) in [5, 5.41) is 0. The number of hydrogen-bond donors (Lipinski definition) is 0. The molecule has 0 N–H and O–H groups in total. The zero-order valence-electron chi connectivity index (χ0n) is 14.4. The molecule has 0 radical (unpaired) electrons. The zero-order chi connectivity index (χ0) is 16.3. The molecule has 3 heteroatoms. The van der Waals surface area contributed by atoms with Crippen LogP contribution in [0.1, 0.15) is 57.9 Å². The van der Waals surface area contributed by atoms with Gasteiger partial charge in [0.25, 0.3) is 0 Å². The fraction of sp³-hybridized carbons (Fsp3) is 0.500. The van der Waals surface area contributed by atoms with Gasteiger partial charge in [-0.3, -0.25) is 0 Å². The summed E-state index contributed by atoms with van der Waals surface area (Å²) in [4.78, 5) is 8.82. The van der Waals surface area contributed by atoms with E-state index in [0.717, 1.165) is 43.0 Å². The van der Waals surface area contributed by atoms with Gasteiger partial charge in [-0.05, 0) is 24.8 Å². The lowest BCUT2D eigenvalue weighted by molar-refractivity contribution is 0.307. The number of aromatic nitrogens is 2. The van der Waals surface area contributed by atoms with Gasteiger partial charge in [-0.1, -0.05) is 63.8 Å². The van der Waals surface area contributed by atoms with Gasteiger partial charge >= 0.3 is 0 Å². The fourth-order valence-corrected chi connectivity index (χ4v) is 2.45. The summed E-state index contributed by atoms with van der Waals surface area (Å²) in [5.74, 6) is 1.50. The maximum Gasteiger partial charge on any atom is 0.159 e. The van der Waals surface area contributed by atoms with Gasteiger partial charge in [-0.2, -0.15) is 0 Å². The average Bonchev–Trinajstić information content (AvgIpc) is 2.60. The third-order valence-corrected chi connectivity index (χ3v) is 3.93. The number of benzene rings is 1. The lowest BCUT2D eigenvalue weighted by Gasteiger charge is -2.06. The van der Waals surface area contributed by atoms with Crippen molar-refractivity contribution in [1.82, 2.24) is 9.97 Å². The van der Waals surface area contributed by atoms with E-state index in [1.54, 1.807) is 12.4 Å². The van der Waals surface area contributed by atoms with E-state index >= 15 is 0 Å². The van der Waals surface area contributed by atoms with Crippen molar-refractivity contribution in [3.8, 4) is 17.1 Å². The first kappa shape index (κ1) is 17.5. The topological polar surface area (TPSA) is 35.0 Å². The summed E-state index contributed by atoms with van der Waals surface area (Å²) in [7, 11) is 0. The van der Waals surface area contributed by atoms with Crippen LogP contribution in [0.4, 0.5) is 0 Å². The van der Waals surface area contributed by atoms with Crippen molar-refractivity contribution in [2.75, 3.05) is 6.61 Å². The highest BCUT2D eigenvalue weighted by Gasteiger charge is 2.03. The van der Waals surface area contributed by atoms with Crippen LogP contribution >= 0.6 is 0 Å². The molecule has 0 aliphatic carbocycles. The number of nitrogens with zero attached hydrogens (tertiary/aromatic N) is 2. The van der Waals surface area contributed by atoms with Crippen molar-refractivity contribution < 1.29 is 4.74 Å². The highest BCUT2D eigenvalue weighted by molar-refractivity contribution is 5.55. The van der Waals surface area contributed by atoms with Gasteiger partial charge in [0.05, 0.1) is 19.0 Å². The van der Waals surface area contributed by atoms with E-state index in [4.69, 9.17) is 4.74 Å². The Morgan fingerprint density at radius 2 is 1.52 bits per heavy atom. The number of unbranched alkanes of at least 4 members (excludes halogenated alkanes) is 4. The maximum atomic E-state index is 5.60. The summed E-state index contributed by atoms with van der Waals surface area (Å²) in [5.41, 5.74) is 2.45. The second kappa shape index (κ2) is 9.98. The van der Waals surface area contributed by atoms with Crippen LogP contribution in [0, 0.1) is 0 Å². The molecule has 0 aliphatic rings. The Labute approximate surface area is 140 Å². The molecule has 0 aliphatic heterocycles. The second-order valence-corrected chi connectivity index (χ2v) is 5.95. The monoisotopic (exact) mass is 312 g/mol. The van der Waals surface area contributed by atoms with Crippen LogP contribution in [0.25, 0.3) is 11.4 Å². The molecule has 1 aromatic heterocycles. The summed E-state index contributed by atoms with van der Waals surface area (Å²) in [6.45, 7) is 5.12. The van der Waals surface area contributed by atoms with Crippen LogP contribution in [-0.2, 0) is 6.42 Å². The van der Waals surface area contributed by atoms with Crippen LogP contribution in [-0.4, -0.2) is 16.6 Å². The molecule has 2 rings (SSSR count). The number of rotatable bonds is 10. The van der Waals surface area contributed by atoms with Crippen molar-refractivity contribution in [1.29, 1.82) is 0 Å². The highest BCUT2D eigenvalue weighted by atomic mass is 16.5. The first-order valence-electron chi connectivity index (χ1n) is 8.87. The molecule has 23 heavy (non-hydrogen) atoms. The molecule has 0 atom stereocenters. The Hall–Kier alpha value is -1.90. The summed E-state index contributed by atoms with van der Waals surface area (Å²) < 4.78 is 5.60. The third-order valence-electron chi connectivity index (χ3n) is 3.93. The van der Waals surface area contributed by atoms with Crippen LogP contribution in [0.15, 0.2) is 36.7 Å². The van der Waals surface area contributed by atoms with E-state index in [0.29, 0.717) is 0 Å². The molecule has 2 aromatic rings. The summed E-state index contributed by atoms with van der Waals surface area (Å²) in [6.07, 6.45) is 12.1. The third kappa shape index (κ3) is 6.01. The van der Waals surface area contributed by atoms with Gasteiger partial charge in [0.1, 0.15) is 0 Å². The van der Waals surface area contributed by atoms with Crippen molar-refractivity contribution >= 4 is 0 Å². The van der Waals surface area contributed by atoms with E-state index in [1.165, 1.54) is 31.2 Å². The Morgan fingerprint density at radius 1 is 0.826 bits per heavy atom. The molecule has 0 amide bonds. The van der Waals surface area contributed by atoms with Gasteiger partial charge in [0.2, 0.25) is 0 Å². The zero-order valence-corrected chi connectivity index (χ0v) is 14.4. The molecule has 0 unspecified atom stereocenters. The fourth-order valence-electron chi connectivity index (χ4n) is 2.45. The smallest absolute Gasteiger partial charge is 0.159 e. The standard InChI is InChI=1S/C20H28N2O/c1-3-5-7-8-9-17-10-12-18(13-11-17)20-21-15-19(16-22-20)23-14-6-4-2/h10-13,15-16H,3-9,14H2,1-2H3. The Kier molecular flexibility index (Phi) is 7.58.